The molecule has 0 aliphatic carbocycles. The molecule has 0 radical (unpaired) electrons. The number of halogens is 2. The van der Waals surface area contributed by atoms with Gasteiger partial charge in [0.05, 0.1) is 11.7 Å². The molecular formula is C18H22F2N4O. The van der Waals surface area contributed by atoms with Crippen LogP contribution in [0.15, 0.2) is 30.5 Å². The van der Waals surface area contributed by atoms with E-state index in [2.05, 4.69) is 10.4 Å². The molecule has 134 valence electrons. The Hall–Kier alpha value is -2.28. The van der Waals surface area contributed by atoms with Gasteiger partial charge in [0, 0.05) is 44.0 Å². The first kappa shape index (κ1) is 17.5. The maximum atomic E-state index is 13.9. The minimum Gasteiger partial charge on any atom is -0.337 e. The van der Waals surface area contributed by atoms with Crippen molar-refractivity contribution in [2.45, 2.75) is 38.4 Å². The fourth-order valence-corrected chi connectivity index (χ4v) is 3.30. The van der Waals surface area contributed by atoms with Crippen LogP contribution < -0.4 is 5.32 Å². The second-order valence-corrected chi connectivity index (χ2v) is 6.46. The molecule has 1 amide bonds. The maximum Gasteiger partial charge on any atom is 0.240 e. The molecule has 5 nitrogen and oxygen atoms in total. The predicted molar refractivity (Wildman–Crippen MR) is 89.6 cm³/mol. The third kappa shape index (κ3) is 3.87. The number of carbonyl (C=O) groups is 1. The summed E-state index contributed by atoms with van der Waals surface area (Å²) >= 11 is 0. The van der Waals surface area contributed by atoms with Gasteiger partial charge >= 0.3 is 0 Å². The number of piperidine rings is 1. The average Bonchev–Trinajstić information content (AvgIpc) is 3.00. The summed E-state index contributed by atoms with van der Waals surface area (Å²) < 4.78 is 28.7. The van der Waals surface area contributed by atoms with Gasteiger partial charge in [0.1, 0.15) is 11.6 Å². The van der Waals surface area contributed by atoms with Crippen molar-refractivity contribution >= 4 is 5.91 Å². The molecular weight excluding hydrogens is 326 g/mol. The van der Waals surface area contributed by atoms with E-state index in [0.717, 1.165) is 24.6 Å². The summed E-state index contributed by atoms with van der Waals surface area (Å²) in [4.78, 5) is 14.4. The largest absolute Gasteiger partial charge is 0.337 e. The van der Waals surface area contributed by atoms with E-state index in [1.165, 1.54) is 12.1 Å². The van der Waals surface area contributed by atoms with Gasteiger partial charge in [-0.05, 0) is 31.9 Å². The molecule has 0 unspecified atom stereocenters. The molecule has 1 aliphatic heterocycles. The first-order valence-corrected chi connectivity index (χ1v) is 8.42. The lowest BCUT2D eigenvalue weighted by Gasteiger charge is -2.34. The van der Waals surface area contributed by atoms with Crippen LogP contribution in [0.4, 0.5) is 8.78 Å². The Bertz CT molecular complexity index is 761. The fourth-order valence-electron chi connectivity index (χ4n) is 3.30. The monoisotopic (exact) mass is 348 g/mol. The van der Waals surface area contributed by atoms with E-state index < -0.39 is 11.6 Å². The van der Waals surface area contributed by atoms with Gasteiger partial charge in [0.25, 0.3) is 0 Å². The van der Waals surface area contributed by atoms with E-state index in [-0.39, 0.29) is 24.5 Å². The van der Waals surface area contributed by atoms with Gasteiger partial charge in [-0.1, -0.05) is 6.07 Å². The lowest BCUT2D eigenvalue weighted by Crippen LogP contribution is -2.51. The molecule has 1 fully saturated rings. The number of carbonyl (C=O) groups excluding carboxylic acids is 1. The maximum absolute atomic E-state index is 13.9. The summed E-state index contributed by atoms with van der Waals surface area (Å²) in [5, 5.41) is 7.49. The summed E-state index contributed by atoms with van der Waals surface area (Å²) in [7, 11) is 1.86. The molecule has 1 N–H and O–H groups in total. The van der Waals surface area contributed by atoms with E-state index in [9.17, 15) is 13.6 Å². The van der Waals surface area contributed by atoms with Crippen molar-refractivity contribution in [2.75, 3.05) is 6.54 Å². The quantitative estimate of drug-likeness (QED) is 0.903. The zero-order valence-electron chi connectivity index (χ0n) is 14.4. The number of aryl methyl sites for hydroxylation is 1. The first-order chi connectivity index (χ1) is 12.0. The molecule has 3 rings (SSSR count). The van der Waals surface area contributed by atoms with E-state index in [4.69, 9.17) is 0 Å². The van der Waals surface area contributed by atoms with Gasteiger partial charge < -0.3 is 4.90 Å². The summed E-state index contributed by atoms with van der Waals surface area (Å²) in [5.74, 6) is -1.29. The number of amides is 1. The molecule has 0 bridgehead atoms. The van der Waals surface area contributed by atoms with Gasteiger partial charge in [0.15, 0.2) is 0 Å². The number of benzene rings is 1. The molecule has 7 heteroatoms. The minimum atomic E-state index is -0.619. The molecule has 2 heterocycles. The third-order valence-corrected chi connectivity index (χ3v) is 4.66. The summed E-state index contributed by atoms with van der Waals surface area (Å²) in [6.07, 6.45) is 3.30. The lowest BCUT2D eigenvalue weighted by atomic mass is 10.0. The fraction of sp³-hybridized carbons (Fsp3) is 0.444. The second-order valence-electron chi connectivity index (χ2n) is 6.46. The van der Waals surface area contributed by atoms with Crippen LogP contribution in [0.25, 0.3) is 0 Å². The molecule has 1 aromatic heterocycles. The van der Waals surface area contributed by atoms with Crippen LogP contribution in [0, 0.1) is 11.6 Å². The number of likely N-dealkylation sites (tertiary alicyclic amines) is 1. The first-order valence-electron chi connectivity index (χ1n) is 8.42. The highest BCUT2D eigenvalue weighted by atomic mass is 19.1. The Morgan fingerprint density at radius 3 is 2.84 bits per heavy atom. The molecule has 2 atom stereocenters. The van der Waals surface area contributed by atoms with Crippen LogP contribution >= 0.6 is 0 Å². The van der Waals surface area contributed by atoms with Crippen LogP contribution in [-0.2, 0) is 18.4 Å². The van der Waals surface area contributed by atoms with Gasteiger partial charge in [-0.2, -0.15) is 5.10 Å². The van der Waals surface area contributed by atoms with Crippen LogP contribution in [0.5, 0.6) is 0 Å². The van der Waals surface area contributed by atoms with Gasteiger partial charge in [-0.15, -0.1) is 0 Å². The van der Waals surface area contributed by atoms with Crippen LogP contribution in [-0.4, -0.2) is 33.2 Å². The third-order valence-electron chi connectivity index (χ3n) is 4.66. The number of rotatable bonds is 5. The molecule has 2 aromatic rings. The summed E-state index contributed by atoms with van der Waals surface area (Å²) in [6, 6.07) is 5.03. The Morgan fingerprint density at radius 2 is 2.16 bits per heavy atom. The Morgan fingerprint density at radius 1 is 1.36 bits per heavy atom. The molecule has 0 spiro atoms. The number of hydrogen-bond acceptors (Lipinski definition) is 3. The van der Waals surface area contributed by atoms with Crippen molar-refractivity contribution in [3.63, 3.8) is 0 Å². The number of aromatic nitrogens is 2. The lowest BCUT2D eigenvalue weighted by molar-refractivity contribution is -0.136. The van der Waals surface area contributed by atoms with Gasteiger partial charge in [0.2, 0.25) is 5.91 Å². The molecule has 0 saturated carbocycles. The van der Waals surface area contributed by atoms with E-state index in [1.54, 1.807) is 15.8 Å². The molecule has 25 heavy (non-hydrogen) atoms. The second kappa shape index (κ2) is 7.31. The number of nitrogens with zero attached hydrogens (tertiary/aromatic N) is 3. The van der Waals surface area contributed by atoms with Gasteiger partial charge in [-0.3, -0.25) is 14.8 Å². The summed E-state index contributed by atoms with van der Waals surface area (Å²) in [6.45, 7) is 2.72. The van der Waals surface area contributed by atoms with E-state index in [1.807, 2.05) is 20.0 Å². The Kier molecular flexibility index (Phi) is 5.13. The zero-order valence-corrected chi connectivity index (χ0v) is 14.4. The van der Waals surface area contributed by atoms with Crippen molar-refractivity contribution in [1.29, 1.82) is 0 Å². The van der Waals surface area contributed by atoms with Crippen molar-refractivity contribution in [3.8, 4) is 0 Å². The molecule has 1 aromatic carbocycles. The summed E-state index contributed by atoms with van der Waals surface area (Å²) in [5.41, 5.74) is 1.32. The van der Waals surface area contributed by atoms with Crippen LogP contribution in [0.1, 0.15) is 37.1 Å². The highest BCUT2D eigenvalue weighted by Gasteiger charge is 2.30. The van der Waals surface area contributed by atoms with Crippen molar-refractivity contribution in [2.24, 2.45) is 7.05 Å². The Labute approximate surface area is 145 Å². The highest BCUT2D eigenvalue weighted by Crippen LogP contribution is 2.20. The van der Waals surface area contributed by atoms with E-state index in [0.29, 0.717) is 12.1 Å². The average molecular weight is 348 g/mol. The number of hydrogen-bond donors (Lipinski definition) is 1. The topological polar surface area (TPSA) is 50.2 Å². The molecule has 1 aliphatic rings. The number of nitrogens with one attached hydrogen (secondary N) is 1. The standard InChI is InChI=1S/C18H22F2N4O/c1-12(17-7-8-21-23(17)2)22-16-4-3-9-24(18(16)25)11-13-5-6-14(19)10-15(13)20/h5-8,10,12,16,22H,3-4,9,11H2,1-2H3/t12-,16-/m0/s1. The Balaban J connectivity index is 1.67. The zero-order chi connectivity index (χ0) is 18.0. The van der Waals surface area contributed by atoms with Crippen LogP contribution in [0.2, 0.25) is 0 Å². The van der Waals surface area contributed by atoms with Crippen molar-refractivity contribution < 1.29 is 13.6 Å². The predicted octanol–water partition coefficient (Wildman–Crippen LogP) is 2.54. The minimum absolute atomic E-state index is 0.0241. The van der Waals surface area contributed by atoms with Gasteiger partial charge in [-0.25, -0.2) is 8.78 Å². The highest BCUT2D eigenvalue weighted by molar-refractivity contribution is 5.82. The molecule has 1 saturated heterocycles. The SMILES string of the molecule is C[C@H](N[C@H]1CCCN(Cc2ccc(F)cc2F)C1=O)c1ccnn1C. The van der Waals surface area contributed by atoms with Crippen molar-refractivity contribution in [1.82, 2.24) is 20.0 Å². The van der Waals surface area contributed by atoms with Crippen LogP contribution in [0.3, 0.4) is 0 Å². The van der Waals surface area contributed by atoms with E-state index >= 15 is 0 Å². The normalized spacial score (nSPS) is 19.3. The smallest absolute Gasteiger partial charge is 0.240 e. The van der Waals surface area contributed by atoms with Crippen molar-refractivity contribution in [3.05, 3.63) is 53.4 Å².